The van der Waals surface area contributed by atoms with Gasteiger partial charge in [0.2, 0.25) is 17.6 Å². The third-order valence-electron chi connectivity index (χ3n) is 2.76. The molecule has 0 bridgehead atoms. The summed E-state index contributed by atoms with van der Waals surface area (Å²) in [5.74, 6) is 0.961. The zero-order chi connectivity index (χ0) is 14.6. The number of carbonyl (C=O) groups excluding carboxylic acids is 1. The highest BCUT2D eigenvalue weighted by molar-refractivity contribution is 7.13. The molecule has 2 rings (SSSR count). The maximum absolute atomic E-state index is 11.8. The van der Waals surface area contributed by atoms with E-state index in [2.05, 4.69) is 15.5 Å². The van der Waals surface area contributed by atoms with Crippen molar-refractivity contribution in [1.29, 1.82) is 0 Å². The minimum absolute atomic E-state index is 0.0728. The second kappa shape index (κ2) is 6.15. The first kappa shape index (κ1) is 14.7. The first-order valence-electron chi connectivity index (χ1n) is 6.38. The molecule has 2 aromatic rings. The van der Waals surface area contributed by atoms with Crippen LogP contribution in [0, 0.1) is 0 Å². The Bertz CT molecular complexity index is 563. The second-order valence-corrected chi connectivity index (χ2v) is 6.07. The lowest BCUT2D eigenvalue weighted by Gasteiger charge is -2.23. The summed E-state index contributed by atoms with van der Waals surface area (Å²) in [4.78, 5) is 17.0. The summed E-state index contributed by atoms with van der Waals surface area (Å²) in [6.07, 6.45) is 0.723. The third-order valence-corrected chi connectivity index (χ3v) is 3.63. The molecule has 0 radical (unpaired) electrons. The van der Waals surface area contributed by atoms with Gasteiger partial charge in [0.05, 0.1) is 4.88 Å². The van der Waals surface area contributed by atoms with Gasteiger partial charge in [-0.05, 0) is 25.3 Å². The number of nitrogens with zero attached hydrogens (tertiary/aromatic N) is 2. The van der Waals surface area contributed by atoms with E-state index in [0.717, 1.165) is 4.88 Å². The van der Waals surface area contributed by atoms with Gasteiger partial charge in [-0.1, -0.05) is 11.2 Å². The molecule has 0 aliphatic heterocycles. The summed E-state index contributed by atoms with van der Waals surface area (Å²) in [5.41, 5.74) is 5.17. The first-order valence-corrected chi connectivity index (χ1v) is 7.26. The summed E-state index contributed by atoms with van der Waals surface area (Å²) in [6, 6.07) is 3.86. The maximum Gasteiger partial charge on any atom is 0.227 e. The molecule has 0 aliphatic rings. The van der Waals surface area contributed by atoms with E-state index in [9.17, 15) is 4.79 Å². The molecule has 108 valence electrons. The van der Waals surface area contributed by atoms with Crippen LogP contribution in [0.3, 0.4) is 0 Å². The zero-order valence-corrected chi connectivity index (χ0v) is 12.4. The van der Waals surface area contributed by atoms with Crippen molar-refractivity contribution in [3.8, 4) is 10.7 Å². The van der Waals surface area contributed by atoms with E-state index in [4.69, 9.17) is 10.3 Å². The number of hydrogen-bond acceptors (Lipinski definition) is 6. The van der Waals surface area contributed by atoms with E-state index in [1.165, 1.54) is 0 Å². The molecule has 1 amide bonds. The summed E-state index contributed by atoms with van der Waals surface area (Å²) in [6.45, 7) is 4.15. The molecule has 6 nitrogen and oxygen atoms in total. The standard InChI is InChI=1S/C13H18N4O2S/c1-13(2,8-14)16-10(18)5-6-11-15-12(17-19-11)9-4-3-7-20-9/h3-4,7H,5-6,8,14H2,1-2H3,(H,16,18). The van der Waals surface area contributed by atoms with Crippen LogP contribution in [0.1, 0.15) is 26.2 Å². The van der Waals surface area contributed by atoms with Crippen LogP contribution in [0.15, 0.2) is 22.0 Å². The van der Waals surface area contributed by atoms with E-state index < -0.39 is 5.54 Å². The van der Waals surface area contributed by atoms with Crippen LogP contribution in [0.25, 0.3) is 10.7 Å². The Morgan fingerprint density at radius 1 is 1.55 bits per heavy atom. The predicted molar refractivity (Wildman–Crippen MR) is 77.2 cm³/mol. The topological polar surface area (TPSA) is 94.0 Å². The minimum atomic E-state index is -0.395. The van der Waals surface area contributed by atoms with Gasteiger partial charge >= 0.3 is 0 Å². The number of nitrogens with two attached hydrogens (primary N) is 1. The van der Waals surface area contributed by atoms with Crippen molar-refractivity contribution in [2.75, 3.05) is 6.54 Å². The van der Waals surface area contributed by atoms with Crippen molar-refractivity contribution in [3.05, 3.63) is 23.4 Å². The van der Waals surface area contributed by atoms with Crippen LogP contribution < -0.4 is 11.1 Å². The second-order valence-electron chi connectivity index (χ2n) is 5.13. The Hall–Kier alpha value is -1.73. The van der Waals surface area contributed by atoms with Crippen LogP contribution in [-0.4, -0.2) is 28.1 Å². The Morgan fingerprint density at radius 2 is 2.35 bits per heavy atom. The summed E-state index contributed by atoms with van der Waals surface area (Å²) in [5, 5.41) is 8.71. The van der Waals surface area contributed by atoms with Crippen molar-refractivity contribution in [3.63, 3.8) is 0 Å². The molecule has 3 N–H and O–H groups in total. The molecule has 0 saturated carbocycles. The van der Waals surface area contributed by atoms with Gasteiger partial charge < -0.3 is 15.6 Å². The van der Waals surface area contributed by atoms with Gasteiger partial charge in [0.25, 0.3) is 0 Å². The van der Waals surface area contributed by atoms with Crippen LogP contribution >= 0.6 is 11.3 Å². The molecule has 0 unspecified atom stereocenters. The van der Waals surface area contributed by atoms with Gasteiger partial charge in [-0.15, -0.1) is 11.3 Å². The maximum atomic E-state index is 11.8. The smallest absolute Gasteiger partial charge is 0.227 e. The Balaban J connectivity index is 1.87. The fourth-order valence-corrected chi connectivity index (χ4v) is 2.22. The van der Waals surface area contributed by atoms with Crippen LogP contribution in [0.5, 0.6) is 0 Å². The molecule has 0 fully saturated rings. The average molecular weight is 294 g/mol. The van der Waals surface area contributed by atoms with E-state index in [1.54, 1.807) is 11.3 Å². The minimum Gasteiger partial charge on any atom is -0.350 e. The fraction of sp³-hybridized carbons (Fsp3) is 0.462. The van der Waals surface area contributed by atoms with Crippen molar-refractivity contribution in [2.45, 2.75) is 32.2 Å². The lowest BCUT2D eigenvalue weighted by molar-refractivity contribution is -0.122. The Kier molecular flexibility index (Phi) is 4.51. The molecule has 0 atom stereocenters. The highest BCUT2D eigenvalue weighted by Crippen LogP contribution is 2.21. The molecule has 0 saturated heterocycles. The normalized spacial score (nSPS) is 11.6. The van der Waals surface area contributed by atoms with Gasteiger partial charge in [0.1, 0.15) is 0 Å². The van der Waals surface area contributed by atoms with Crippen LogP contribution in [0.4, 0.5) is 0 Å². The van der Waals surface area contributed by atoms with Crippen molar-refractivity contribution in [1.82, 2.24) is 15.5 Å². The number of hydrogen-bond donors (Lipinski definition) is 2. The largest absolute Gasteiger partial charge is 0.350 e. The van der Waals surface area contributed by atoms with Crippen molar-refractivity contribution in [2.24, 2.45) is 5.73 Å². The SMILES string of the molecule is CC(C)(CN)NC(=O)CCc1nc(-c2cccs2)no1. The van der Waals surface area contributed by atoms with E-state index in [-0.39, 0.29) is 5.91 Å². The summed E-state index contributed by atoms with van der Waals surface area (Å²) in [7, 11) is 0. The lowest BCUT2D eigenvalue weighted by Crippen LogP contribution is -2.48. The van der Waals surface area contributed by atoms with Crippen LogP contribution in [-0.2, 0) is 11.2 Å². The number of aromatic nitrogens is 2. The third kappa shape index (κ3) is 3.88. The van der Waals surface area contributed by atoms with E-state index in [1.807, 2.05) is 31.4 Å². The number of carbonyl (C=O) groups is 1. The van der Waals surface area contributed by atoms with Gasteiger partial charge in [0, 0.05) is 24.9 Å². The van der Waals surface area contributed by atoms with Crippen molar-refractivity contribution < 1.29 is 9.32 Å². The zero-order valence-electron chi connectivity index (χ0n) is 11.5. The molecular weight excluding hydrogens is 276 g/mol. The quantitative estimate of drug-likeness (QED) is 0.843. The number of aryl methyl sites for hydroxylation is 1. The molecule has 2 heterocycles. The predicted octanol–water partition coefficient (Wildman–Crippen LogP) is 1.58. The Morgan fingerprint density at radius 3 is 3.00 bits per heavy atom. The number of rotatable bonds is 6. The van der Waals surface area contributed by atoms with Crippen LogP contribution in [0.2, 0.25) is 0 Å². The summed E-state index contributed by atoms with van der Waals surface area (Å²) < 4.78 is 5.14. The highest BCUT2D eigenvalue weighted by Gasteiger charge is 2.18. The molecule has 0 aliphatic carbocycles. The van der Waals surface area contributed by atoms with Gasteiger partial charge in [-0.25, -0.2) is 0 Å². The van der Waals surface area contributed by atoms with E-state index in [0.29, 0.717) is 31.1 Å². The molecular formula is C13H18N4O2S. The van der Waals surface area contributed by atoms with Crippen molar-refractivity contribution >= 4 is 17.2 Å². The van der Waals surface area contributed by atoms with E-state index >= 15 is 0 Å². The average Bonchev–Trinajstić information content (AvgIpc) is 3.06. The number of thiophene rings is 1. The molecule has 2 aromatic heterocycles. The van der Waals surface area contributed by atoms with Gasteiger partial charge in [-0.2, -0.15) is 4.98 Å². The summed E-state index contributed by atoms with van der Waals surface area (Å²) >= 11 is 1.55. The Labute approximate surface area is 121 Å². The first-order chi connectivity index (χ1) is 9.50. The molecule has 7 heteroatoms. The van der Waals surface area contributed by atoms with Gasteiger partial charge in [-0.3, -0.25) is 4.79 Å². The highest BCUT2D eigenvalue weighted by atomic mass is 32.1. The molecule has 0 aromatic carbocycles. The monoisotopic (exact) mass is 294 g/mol. The lowest BCUT2D eigenvalue weighted by atomic mass is 10.1. The number of amides is 1. The van der Waals surface area contributed by atoms with Gasteiger partial charge in [0.15, 0.2) is 0 Å². The number of nitrogens with one attached hydrogen (secondary N) is 1. The fourth-order valence-electron chi connectivity index (χ4n) is 1.57. The molecule has 20 heavy (non-hydrogen) atoms. The molecule has 0 spiro atoms.